The highest BCUT2D eigenvalue weighted by atomic mass is 32.2. The number of carbonyl (C=O) groups excluding carboxylic acids is 1. The minimum Gasteiger partial charge on any atom is -0.438 e. The Morgan fingerprint density at radius 1 is 1.41 bits per heavy atom. The summed E-state index contributed by atoms with van der Waals surface area (Å²) in [5, 5.41) is 0.581. The van der Waals surface area contributed by atoms with Crippen molar-refractivity contribution in [1.29, 1.82) is 0 Å². The number of rotatable bonds is 4. The Kier molecular flexibility index (Phi) is 5.98. The van der Waals surface area contributed by atoms with E-state index in [-0.39, 0.29) is 12.1 Å². The summed E-state index contributed by atoms with van der Waals surface area (Å²) in [5.74, 6) is 0. The average Bonchev–Trinajstić information content (AvgIpc) is 2.50. The number of aromatic nitrogens is 2. The van der Waals surface area contributed by atoms with Crippen molar-refractivity contribution in [3.05, 3.63) is 18.5 Å². The molecule has 1 fully saturated rings. The molecule has 0 N–H and O–H groups in total. The Bertz CT molecular complexity index is 488. The van der Waals surface area contributed by atoms with E-state index in [0.717, 1.165) is 6.42 Å². The zero-order valence-electron chi connectivity index (χ0n) is 13.1. The van der Waals surface area contributed by atoms with E-state index in [1.54, 1.807) is 18.5 Å². The van der Waals surface area contributed by atoms with Gasteiger partial charge in [-0.1, -0.05) is 11.8 Å². The zero-order chi connectivity index (χ0) is 16.1. The number of hydrogen-bond acceptors (Lipinski definition) is 8. The van der Waals surface area contributed by atoms with Gasteiger partial charge in [-0.05, 0) is 33.5 Å². The summed E-state index contributed by atoms with van der Waals surface area (Å²) in [5.41, 5.74) is -0.391. The van der Waals surface area contributed by atoms with Crippen LogP contribution >= 0.6 is 11.8 Å². The van der Waals surface area contributed by atoms with Crippen LogP contribution in [-0.4, -0.2) is 65.9 Å². The van der Waals surface area contributed by atoms with E-state index in [0.29, 0.717) is 5.16 Å². The van der Waals surface area contributed by atoms with E-state index >= 15 is 0 Å². The van der Waals surface area contributed by atoms with Crippen LogP contribution in [-0.2, 0) is 14.2 Å². The van der Waals surface area contributed by atoms with Gasteiger partial charge in [-0.25, -0.2) is 14.8 Å². The smallest absolute Gasteiger partial charge is 0.438 e. The molecule has 4 atom stereocenters. The van der Waals surface area contributed by atoms with Gasteiger partial charge in [-0.15, -0.1) is 0 Å². The fourth-order valence-electron chi connectivity index (χ4n) is 2.36. The molecule has 0 aliphatic carbocycles. The molecule has 1 aliphatic heterocycles. The first-order chi connectivity index (χ1) is 10.5. The lowest BCUT2D eigenvalue weighted by atomic mass is 10.0. The van der Waals surface area contributed by atoms with Crippen LogP contribution in [0.25, 0.3) is 0 Å². The van der Waals surface area contributed by atoms with Crippen LogP contribution in [0.15, 0.2) is 23.6 Å². The molecular formula is C14H21N3O4S. The van der Waals surface area contributed by atoms with E-state index < -0.39 is 17.7 Å². The monoisotopic (exact) mass is 327 g/mol. The highest BCUT2D eigenvalue weighted by Crippen LogP contribution is 2.34. The van der Waals surface area contributed by atoms with Crippen molar-refractivity contribution < 1.29 is 19.0 Å². The van der Waals surface area contributed by atoms with Crippen LogP contribution in [0.3, 0.4) is 0 Å². The van der Waals surface area contributed by atoms with E-state index in [9.17, 15) is 4.79 Å². The minimum atomic E-state index is -0.713. The molecule has 0 aromatic carbocycles. The van der Waals surface area contributed by atoms with Crippen molar-refractivity contribution in [3.8, 4) is 0 Å². The summed E-state index contributed by atoms with van der Waals surface area (Å²) < 4.78 is 16.0. The quantitative estimate of drug-likeness (QED) is 0.612. The third-order valence-corrected chi connectivity index (χ3v) is 4.45. The van der Waals surface area contributed by atoms with Crippen molar-refractivity contribution in [3.63, 3.8) is 0 Å². The summed E-state index contributed by atoms with van der Waals surface area (Å²) in [6.45, 7) is 2.00. The van der Waals surface area contributed by atoms with Crippen molar-refractivity contribution in [1.82, 2.24) is 14.9 Å². The Morgan fingerprint density at radius 3 is 2.68 bits per heavy atom. The maximum atomic E-state index is 11.6. The summed E-state index contributed by atoms with van der Waals surface area (Å²) in [7, 11) is 5.20. The van der Waals surface area contributed by atoms with Crippen molar-refractivity contribution in [2.75, 3.05) is 21.2 Å². The lowest BCUT2D eigenvalue weighted by molar-refractivity contribution is -0.116. The third kappa shape index (κ3) is 4.31. The fraction of sp³-hybridized carbons (Fsp3) is 0.643. The number of thioether (sulfide) groups is 1. The second-order valence-electron chi connectivity index (χ2n) is 5.27. The molecule has 0 bridgehead atoms. The Balaban J connectivity index is 2.19. The molecule has 1 aromatic rings. The van der Waals surface area contributed by atoms with Gasteiger partial charge in [0.25, 0.3) is 0 Å². The Labute approximate surface area is 134 Å². The second-order valence-corrected chi connectivity index (χ2v) is 6.33. The predicted molar refractivity (Wildman–Crippen MR) is 81.6 cm³/mol. The highest BCUT2D eigenvalue weighted by molar-refractivity contribution is 7.99. The minimum absolute atomic E-state index is 0.0315. The molecule has 1 aliphatic rings. The first kappa shape index (κ1) is 17.0. The molecule has 7 nitrogen and oxygen atoms in total. The van der Waals surface area contributed by atoms with Gasteiger partial charge < -0.3 is 19.1 Å². The molecule has 8 heteroatoms. The predicted octanol–water partition coefficient (Wildman–Crippen LogP) is 1.79. The fourth-order valence-corrected chi connectivity index (χ4v) is 3.43. The molecule has 1 aromatic heterocycles. The van der Waals surface area contributed by atoms with Gasteiger partial charge in [0.2, 0.25) is 0 Å². The van der Waals surface area contributed by atoms with Crippen molar-refractivity contribution in [2.24, 2.45) is 0 Å². The van der Waals surface area contributed by atoms with Crippen molar-refractivity contribution in [2.45, 2.75) is 42.2 Å². The number of methoxy groups -OCH3 is 1. The molecule has 1 saturated heterocycles. The number of likely N-dealkylation sites (N-methyl/N-ethyl adjacent to an activating group) is 1. The van der Waals surface area contributed by atoms with E-state index in [2.05, 4.69) is 14.7 Å². The molecule has 0 spiro atoms. The summed E-state index contributed by atoms with van der Waals surface area (Å²) in [6.07, 6.45) is 2.97. The largest absolute Gasteiger partial charge is 0.508 e. The molecule has 2 heterocycles. The number of ether oxygens (including phenoxy) is 3. The normalized spacial score (nSPS) is 28.4. The molecular weight excluding hydrogens is 306 g/mol. The molecule has 0 amide bonds. The number of carbonyl (C=O) groups is 1. The van der Waals surface area contributed by atoms with Crippen LogP contribution < -0.4 is 0 Å². The summed E-state index contributed by atoms with van der Waals surface area (Å²) in [4.78, 5) is 22.0. The Hall–Kier alpha value is -1.38. The summed E-state index contributed by atoms with van der Waals surface area (Å²) >= 11 is 1.35. The molecule has 0 saturated carbocycles. The first-order valence-corrected chi connectivity index (χ1v) is 7.89. The van der Waals surface area contributed by atoms with Crippen LogP contribution in [0, 0.1) is 0 Å². The molecule has 2 rings (SSSR count). The Morgan fingerprint density at radius 2 is 2.09 bits per heavy atom. The highest BCUT2D eigenvalue weighted by Gasteiger charge is 2.42. The maximum Gasteiger partial charge on any atom is 0.508 e. The van der Waals surface area contributed by atoms with Crippen LogP contribution in [0.4, 0.5) is 4.79 Å². The number of hydrogen-bond donors (Lipinski definition) is 0. The molecule has 22 heavy (non-hydrogen) atoms. The van der Waals surface area contributed by atoms with E-state index in [4.69, 9.17) is 9.47 Å². The van der Waals surface area contributed by atoms with Gasteiger partial charge in [0, 0.05) is 12.4 Å². The van der Waals surface area contributed by atoms with Gasteiger partial charge >= 0.3 is 6.16 Å². The van der Waals surface area contributed by atoms with Gasteiger partial charge in [-0.3, -0.25) is 0 Å². The molecule has 4 unspecified atom stereocenters. The maximum absolute atomic E-state index is 11.6. The SMILES string of the molecule is COC(=O)OC1C(Sc2ncccn2)OC(C)CC1N(C)C. The van der Waals surface area contributed by atoms with Gasteiger partial charge in [-0.2, -0.15) is 0 Å². The lowest BCUT2D eigenvalue weighted by Crippen LogP contribution is -2.54. The third-order valence-electron chi connectivity index (χ3n) is 3.41. The molecule has 122 valence electrons. The standard InChI is InChI=1S/C14H21N3O4S/c1-9-8-10(17(2)3)11(21-14(18)19-4)12(20-9)22-13-15-6-5-7-16-13/h5-7,9-12H,8H2,1-4H3. The van der Waals surface area contributed by atoms with E-state index in [1.807, 2.05) is 25.9 Å². The van der Waals surface area contributed by atoms with Gasteiger partial charge in [0.1, 0.15) is 5.44 Å². The lowest BCUT2D eigenvalue weighted by Gasteiger charge is -2.42. The molecule has 0 radical (unpaired) electrons. The first-order valence-electron chi connectivity index (χ1n) is 7.01. The van der Waals surface area contributed by atoms with Crippen LogP contribution in [0.1, 0.15) is 13.3 Å². The van der Waals surface area contributed by atoms with Crippen LogP contribution in [0.2, 0.25) is 0 Å². The summed E-state index contributed by atoms with van der Waals surface area (Å²) in [6, 6.07) is 1.78. The van der Waals surface area contributed by atoms with Crippen molar-refractivity contribution >= 4 is 17.9 Å². The second kappa shape index (κ2) is 7.75. The topological polar surface area (TPSA) is 73.8 Å². The van der Waals surface area contributed by atoms with Gasteiger partial charge in [0.15, 0.2) is 11.3 Å². The van der Waals surface area contributed by atoms with E-state index in [1.165, 1.54) is 18.9 Å². The average molecular weight is 327 g/mol. The zero-order valence-corrected chi connectivity index (χ0v) is 13.9. The number of nitrogens with zero attached hydrogens (tertiary/aromatic N) is 3. The van der Waals surface area contributed by atoms with Gasteiger partial charge in [0.05, 0.1) is 19.3 Å². The van der Waals surface area contributed by atoms with Crippen LogP contribution in [0.5, 0.6) is 0 Å².